The van der Waals surface area contributed by atoms with E-state index in [9.17, 15) is 4.79 Å². The first kappa shape index (κ1) is 19.2. The lowest BCUT2D eigenvalue weighted by atomic mass is 9.93. The third-order valence-corrected chi connectivity index (χ3v) is 5.33. The quantitative estimate of drug-likeness (QED) is 0.584. The van der Waals surface area contributed by atoms with Crippen LogP contribution in [0.25, 0.3) is 17.2 Å². The zero-order chi connectivity index (χ0) is 20.4. The second-order valence-electron chi connectivity index (χ2n) is 7.77. The number of benzene rings is 2. The van der Waals surface area contributed by atoms with E-state index in [-0.39, 0.29) is 11.3 Å². The number of aromatic nitrogens is 1. The Morgan fingerprint density at radius 2 is 1.72 bits per heavy atom. The van der Waals surface area contributed by atoms with Gasteiger partial charge in [-0.15, -0.1) is 0 Å². The largest absolute Gasteiger partial charge is 0.359 e. The summed E-state index contributed by atoms with van der Waals surface area (Å²) in [6.45, 7) is 6.13. The van der Waals surface area contributed by atoms with E-state index in [1.165, 1.54) is 11.8 Å². The summed E-state index contributed by atoms with van der Waals surface area (Å²) in [5, 5.41) is 7.25. The molecule has 6 heteroatoms. The van der Waals surface area contributed by atoms with Gasteiger partial charge in [0.15, 0.2) is 11.0 Å². The number of amidine groups is 1. The lowest BCUT2D eigenvalue weighted by molar-refractivity contribution is -0.115. The van der Waals surface area contributed by atoms with Gasteiger partial charge in [-0.1, -0.05) is 80.5 Å². The Balaban J connectivity index is 1.50. The zero-order valence-corrected chi connectivity index (χ0v) is 17.3. The SMILES string of the molecule is CC(C)(C)c1cc(N=C2NC(=O)/C(=C\c3ccc(-c4ccccc4)cc3)S2)no1. The highest BCUT2D eigenvalue weighted by Crippen LogP contribution is 2.30. The van der Waals surface area contributed by atoms with Crippen molar-refractivity contribution in [3.05, 3.63) is 76.9 Å². The third-order valence-electron chi connectivity index (χ3n) is 4.42. The van der Waals surface area contributed by atoms with Gasteiger partial charge in [0, 0.05) is 11.5 Å². The molecule has 0 saturated carbocycles. The summed E-state index contributed by atoms with van der Waals surface area (Å²) < 4.78 is 5.34. The number of amides is 1. The molecule has 1 N–H and O–H groups in total. The van der Waals surface area contributed by atoms with E-state index in [1.807, 2.05) is 57.2 Å². The van der Waals surface area contributed by atoms with Crippen molar-refractivity contribution in [1.82, 2.24) is 10.5 Å². The number of thioether (sulfide) groups is 1. The predicted octanol–water partition coefficient (Wildman–Crippen LogP) is 5.53. The van der Waals surface area contributed by atoms with Gasteiger partial charge in [-0.2, -0.15) is 0 Å². The maximum atomic E-state index is 12.3. The highest BCUT2D eigenvalue weighted by molar-refractivity contribution is 8.18. The Labute approximate surface area is 173 Å². The van der Waals surface area contributed by atoms with Gasteiger partial charge in [0.2, 0.25) is 0 Å². The molecule has 2 aromatic carbocycles. The van der Waals surface area contributed by atoms with Crippen LogP contribution in [-0.4, -0.2) is 16.2 Å². The van der Waals surface area contributed by atoms with E-state index in [4.69, 9.17) is 4.52 Å². The summed E-state index contributed by atoms with van der Waals surface area (Å²) >= 11 is 1.29. The van der Waals surface area contributed by atoms with Crippen molar-refractivity contribution in [3.8, 4) is 11.1 Å². The summed E-state index contributed by atoms with van der Waals surface area (Å²) in [6, 6.07) is 20.1. The van der Waals surface area contributed by atoms with Gasteiger partial charge in [0.05, 0.1) is 4.91 Å². The van der Waals surface area contributed by atoms with Gasteiger partial charge >= 0.3 is 0 Å². The molecule has 0 bridgehead atoms. The van der Waals surface area contributed by atoms with Crippen LogP contribution < -0.4 is 5.32 Å². The van der Waals surface area contributed by atoms with Crippen LogP contribution >= 0.6 is 11.8 Å². The minimum atomic E-state index is -0.166. The van der Waals surface area contributed by atoms with Crippen LogP contribution in [0, 0.1) is 0 Å². The average molecular weight is 404 g/mol. The molecule has 0 radical (unpaired) electrons. The molecule has 1 aromatic heterocycles. The van der Waals surface area contributed by atoms with Crippen molar-refractivity contribution < 1.29 is 9.32 Å². The molecule has 0 spiro atoms. The van der Waals surface area contributed by atoms with Gasteiger partial charge in [-0.3, -0.25) is 4.79 Å². The molecular weight excluding hydrogens is 382 g/mol. The van der Waals surface area contributed by atoms with Crippen molar-refractivity contribution in [1.29, 1.82) is 0 Å². The molecule has 5 nitrogen and oxygen atoms in total. The van der Waals surface area contributed by atoms with Gasteiger partial charge in [0.1, 0.15) is 5.76 Å². The van der Waals surface area contributed by atoms with Crippen LogP contribution in [-0.2, 0) is 10.2 Å². The van der Waals surface area contributed by atoms with Crippen LogP contribution in [0.5, 0.6) is 0 Å². The standard InChI is InChI=1S/C23H21N3O2S/c1-23(2,3)19-14-20(26-28-19)24-22-25-21(27)18(29-22)13-15-9-11-17(12-10-15)16-7-5-4-6-8-16/h4-14H,1-3H3,(H,24,25,26,27)/b18-13+. The first-order valence-corrected chi connectivity index (χ1v) is 10.1. The summed E-state index contributed by atoms with van der Waals surface area (Å²) in [4.78, 5) is 17.3. The molecule has 1 fully saturated rings. The number of carbonyl (C=O) groups is 1. The third kappa shape index (κ3) is 4.49. The first-order valence-electron chi connectivity index (χ1n) is 9.31. The molecule has 1 amide bonds. The Hall–Kier alpha value is -3.12. The highest BCUT2D eigenvalue weighted by atomic mass is 32.2. The number of rotatable bonds is 3. The van der Waals surface area contributed by atoms with Crippen molar-refractivity contribution in [2.45, 2.75) is 26.2 Å². The molecule has 146 valence electrons. The van der Waals surface area contributed by atoms with Crippen LogP contribution in [0.1, 0.15) is 32.1 Å². The minimum Gasteiger partial charge on any atom is -0.359 e. The van der Waals surface area contributed by atoms with E-state index in [0.29, 0.717) is 15.9 Å². The molecular formula is C23H21N3O2S. The first-order chi connectivity index (χ1) is 13.9. The molecule has 2 heterocycles. The summed E-state index contributed by atoms with van der Waals surface area (Å²) in [7, 11) is 0. The zero-order valence-electron chi connectivity index (χ0n) is 16.5. The Morgan fingerprint density at radius 1 is 1.03 bits per heavy atom. The van der Waals surface area contributed by atoms with E-state index >= 15 is 0 Å². The molecule has 0 atom stereocenters. The van der Waals surface area contributed by atoms with Crippen LogP contribution in [0.2, 0.25) is 0 Å². The Bertz CT molecular complexity index is 1090. The maximum Gasteiger partial charge on any atom is 0.264 e. The number of hydrogen-bond donors (Lipinski definition) is 1. The molecule has 1 aliphatic heterocycles. The number of nitrogens with one attached hydrogen (secondary N) is 1. The minimum absolute atomic E-state index is 0.144. The van der Waals surface area contributed by atoms with E-state index in [0.717, 1.165) is 22.5 Å². The normalized spacial score (nSPS) is 17.1. The molecule has 1 saturated heterocycles. The molecule has 0 aliphatic carbocycles. The van der Waals surface area contributed by atoms with E-state index < -0.39 is 0 Å². The van der Waals surface area contributed by atoms with Gasteiger partial charge in [-0.25, -0.2) is 4.99 Å². The monoisotopic (exact) mass is 403 g/mol. The van der Waals surface area contributed by atoms with Crippen molar-refractivity contribution in [2.75, 3.05) is 0 Å². The highest BCUT2D eigenvalue weighted by Gasteiger charge is 2.25. The summed E-state index contributed by atoms with van der Waals surface area (Å²) in [5.41, 5.74) is 3.12. The number of aliphatic imine (C=N–C) groups is 1. The van der Waals surface area contributed by atoms with Gasteiger partial charge in [-0.05, 0) is 34.5 Å². The maximum absolute atomic E-state index is 12.3. The van der Waals surface area contributed by atoms with E-state index in [2.05, 4.69) is 39.7 Å². The van der Waals surface area contributed by atoms with Crippen LogP contribution in [0.15, 0.2) is 75.1 Å². The van der Waals surface area contributed by atoms with Crippen LogP contribution in [0.3, 0.4) is 0 Å². The topological polar surface area (TPSA) is 67.5 Å². The number of carbonyl (C=O) groups excluding carboxylic acids is 1. The fourth-order valence-corrected chi connectivity index (χ4v) is 3.64. The van der Waals surface area contributed by atoms with Crippen LogP contribution in [0.4, 0.5) is 5.82 Å². The van der Waals surface area contributed by atoms with E-state index in [1.54, 1.807) is 6.07 Å². The lowest BCUT2D eigenvalue weighted by Crippen LogP contribution is -2.19. The molecule has 29 heavy (non-hydrogen) atoms. The van der Waals surface area contributed by atoms with Crippen molar-refractivity contribution >= 4 is 34.7 Å². The predicted molar refractivity (Wildman–Crippen MR) is 118 cm³/mol. The van der Waals surface area contributed by atoms with Gasteiger partial charge in [0.25, 0.3) is 5.91 Å². The smallest absolute Gasteiger partial charge is 0.264 e. The fraction of sp³-hybridized carbons (Fsp3) is 0.174. The Morgan fingerprint density at radius 3 is 2.38 bits per heavy atom. The summed E-state index contributed by atoms with van der Waals surface area (Å²) in [6.07, 6.45) is 1.86. The molecule has 1 aliphatic rings. The second kappa shape index (κ2) is 7.72. The Kier molecular flexibility index (Phi) is 5.11. The van der Waals surface area contributed by atoms with Gasteiger partial charge < -0.3 is 9.84 Å². The molecule has 3 aromatic rings. The molecule has 4 rings (SSSR count). The molecule has 0 unspecified atom stereocenters. The lowest BCUT2D eigenvalue weighted by Gasteiger charge is -2.11. The summed E-state index contributed by atoms with van der Waals surface area (Å²) in [5.74, 6) is 1.03. The fourth-order valence-electron chi connectivity index (χ4n) is 2.81. The average Bonchev–Trinajstić information content (AvgIpc) is 3.30. The number of nitrogens with zero attached hydrogens (tertiary/aromatic N) is 2. The second-order valence-corrected chi connectivity index (χ2v) is 8.80. The van der Waals surface area contributed by atoms with Crippen molar-refractivity contribution in [2.24, 2.45) is 4.99 Å². The van der Waals surface area contributed by atoms with Crippen molar-refractivity contribution in [3.63, 3.8) is 0 Å². The number of hydrogen-bond acceptors (Lipinski definition) is 5.